The van der Waals surface area contributed by atoms with E-state index in [9.17, 15) is 13.6 Å². The minimum absolute atomic E-state index is 0.190. The summed E-state index contributed by atoms with van der Waals surface area (Å²) in [5.41, 5.74) is -0.388. The number of rotatable bonds is 2. The molecule has 0 amide bonds. The van der Waals surface area contributed by atoms with Gasteiger partial charge in [-0.25, -0.2) is 14.2 Å². The standard InChI is InChI=1S/C13H15F2NO2/c1-8-2-4-9(5-3-8)18-13(17)10-6-7-16-12(15)11(10)14/h6-9H,2-5H2,1H3. The van der Waals surface area contributed by atoms with Crippen LogP contribution in [0.2, 0.25) is 0 Å². The maximum atomic E-state index is 13.3. The van der Waals surface area contributed by atoms with E-state index in [1.165, 1.54) is 0 Å². The van der Waals surface area contributed by atoms with Crippen LogP contribution in [-0.2, 0) is 4.74 Å². The van der Waals surface area contributed by atoms with Gasteiger partial charge in [-0.3, -0.25) is 0 Å². The van der Waals surface area contributed by atoms with Gasteiger partial charge in [-0.1, -0.05) is 6.92 Å². The van der Waals surface area contributed by atoms with Crippen LogP contribution in [0.15, 0.2) is 12.3 Å². The molecule has 1 saturated carbocycles. The van der Waals surface area contributed by atoms with Crippen LogP contribution in [0.25, 0.3) is 0 Å². The van der Waals surface area contributed by atoms with Gasteiger partial charge in [0.1, 0.15) is 11.7 Å². The summed E-state index contributed by atoms with van der Waals surface area (Å²) in [7, 11) is 0. The lowest BCUT2D eigenvalue weighted by Gasteiger charge is -2.25. The first-order valence-electron chi connectivity index (χ1n) is 6.09. The highest BCUT2D eigenvalue weighted by Crippen LogP contribution is 2.26. The maximum absolute atomic E-state index is 13.3. The van der Waals surface area contributed by atoms with Gasteiger partial charge in [0.15, 0.2) is 5.82 Å². The fourth-order valence-electron chi connectivity index (χ4n) is 2.14. The molecule has 0 saturated heterocycles. The lowest BCUT2D eigenvalue weighted by Crippen LogP contribution is -2.24. The molecule has 2 rings (SSSR count). The molecule has 18 heavy (non-hydrogen) atoms. The third-order valence-electron chi connectivity index (χ3n) is 3.30. The van der Waals surface area contributed by atoms with Crippen molar-refractivity contribution in [3.8, 4) is 0 Å². The minimum atomic E-state index is -1.28. The van der Waals surface area contributed by atoms with E-state index in [1.807, 2.05) is 0 Å². The summed E-state index contributed by atoms with van der Waals surface area (Å²) < 4.78 is 31.4. The topological polar surface area (TPSA) is 39.2 Å². The molecule has 1 aromatic rings. The van der Waals surface area contributed by atoms with Crippen LogP contribution in [0.1, 0.15) is 43.0 Å². The second kappa shape index (κ2) is 5.42. The van der Waals surface area contributed by atoms with E-state index < -0.39 is 17.7 Å². The number of esters is 1. The smallest absolute Gasteiger partial charge is 0.341 e. The van der Waals surface area contributed by atoms with Gasteiger partial charge in [0.25, 0.3) is 0 Å². The van der Waals surface area contributed by atoms with Crippen molar-refractivity contribution in [2.24, 2.45) is 5.92 Å². The first-order chi connectivity index (χ1) is 8.58. The molecule has 0 radical (unpaired) electrons. The largest absolute Gasteiger partial charge is 0.459 e. The lowest BCUT2D eigenvalue weighted by molar-refractivity contribution is 0.0167. The van der Waals surface area contributed by atoms with Gasteiger partial charge in [0.05, 0.1) is 0 Å². The minimum Gasteiger partial charge on any atom is -0.459 e. The number of hydrogen-bond acceptors (Lipinski definition) is 3. The van der Waals surface area contributed by atoms with Crippen molar-refractivity contribution in [3.05, 3.63) is 29.6 Å². The number of aromatic nitrogens is 1. The molecule has 0 aliphatic heterocycles. The highest BCUT2D eigenvalue weighted by molar-refractivity contribution is 5.89. The molecule has 1 aliphatic rings. The van der Waals surface area contributed by atoms with E-state index in [4.69, 9.17) is 4.74 Å². The summed E-state index contributed by atoms with van der Waals surface area (Å²) in [4.78, 5) is 14.8. The highest BCUT2D eigenvalue weighted by Gasteiger charge is 2.24. The van der Waals surface area contributed by atoms with Crippen molar-refractivity contribution < 1.29 is 18.3 Å². The van der Waals surface area contributed by atoms with E-state index in [0.29, 0.717) is 5.92 Å². The summed E-state index contributed by atoms with van der Waals surface area (Å²) in [6, 6.07) is 1.13. The Balaban J connectivity index is 2.01. The van der Waals surface area contributed by atoms with Crippen molar-refractivity contribution in [2.75, 3.05) is 0 Å². The van der Waals surface area contributed by atoms with Crippen LogP contribution in [0.5, 0.6) is 0 Å². The molecule has 0 unspecified atom stereocenters. The normalized spacial score (nSPS) is 23.7. The Morgan fingerprint density at radius 2 is 2.00 bits per heavy atom. The summed E-state index contributed by atoms with van der Waals surface area (Å²) in [6.07, 6.45) is 4.41. The molecule has 1 fully saturated rings. The van der Waals surface area contributed by atoms with Crippen LogP contribution < -0.4 is 0 Å². The Morgan fingerprint density at radius 1 is 1.33 bits per heavy atom. The van der Waals surface area contributed by atoms with Crippen LogP contribution in [-0.4, -0.2) is 17.1 Å². The van der Waals surface area contributed by atoms with Gasteiger partial charge in [-0.2, -0.15) is 4.39 Å². The summed E-state index contributed by atoms with van der Waals surface area (Å²) in [5.74, 6) is -2.70. The fourth-order valence-corrected chi connectivity index (χ4v) is 2.14. The first kappa shape index (κ1) is 12.9. The Labute approximate surface area is 104 Å². The molecule has 98 valence electrons. The van der Waals surface area contributed by atoms with Crippen LogP contribution in [0.4, 0.5) is 8.78 Å². The number of halogens is 2. The van der Waals surface area contributed by atoms with Crippen molar-refractivity contribution in [1.82, 2.24) is 4.98 Å². The highest BCUT2D eigenvalue weighted by atomic mass is 19.2. The van der Waals surface area contributed by atoms with E-state index in [1.54, 1.807) is 0 Å². The number of carbonyl (C=O) groups excluding carboxylic acids is 1. The maximum Gasteiger partial charge on any atom is 0.341 e. The lowest BCUT2D eigenvalue weighted by atomic mass is 9.89. The summed E-state index contributed by atoms with van der Waals surface area (Å²) in [6.45, 7) is 2.15. The molecule has 0 aromatic carbocycles. The zero-order chi connectivity index (χ0) is 13.1. The van der Waals surface area contributed by atoms with Crippen molar-refractivity contribution in [2.45, 2.75) is 38.7 Å². The van der Waals surface area contributed by atoms with Crippen molar-refractivity contribution in [3.63, 3.8) is 0 Å². The number of ether oxygens (including phenoxy) is 1. The second-order valence-corrected chi connectivity index (χ2v) is 4.75. The SMILES string of the molecule is CC1CCC(OC(=O)c2ccnc(F)c2F)CC1. The number of nitrogens with zero attached hydrogens (tertiary/aromatic N) is 1. The molecule has 1 heterocycles. The zero-order valence-electron chi connectivity index (χ0n) is 10.2. The molecule has 0 bridgehead atoms. The molecule has 0 spiro atoms. The first-order valence-corrected chi connectivity index (χ1v) is 6.09. The van der Waals surface area contributed by atoms with Crippen LogP contribution in [0, 0.1) is 17.7 Å². The molecule has 5 heteroatoms. The van der Waals surface area contributed by atoms with Gasteiger partial charge in [0.2, 0.25) is 5.95 Å². The van der Waals surface area contributed by atoms with E-state index >= 15 is 0 Å². The molecule has 1 aromatic heterocycles. The average molecular weight is 255 g/mol. The predicted octanol–water partition coefficient (Wildman–Crippen LogP) is 3.10. The monoisotopic (exact) mass is 255 g/mol. The van der Waals surface area contributed by atoms with Crippen molar-refractivity contribution >= 4 is 5.97 Å². The molecule has 3 nitrogen and oxygen atoms in total. The number of pyridine rings is 1. The van der Waals surface area contributed by atoms with E-state index in [-0.39, 0.29) is 11.7 Å². The molecule has 0 atom stereocenters. The zero-order valence-corrected chi connectivity index (χ0v) is 10.2. The molecular formula is C13H15F2NO2. The quantitative estimate of drug-likeness (QED) is 0.602. The Kier molecular flexibility index (Phi) is 3.89. The number of carbonyl (C=O) groups is 1. The van der Waals surface area contributed by atoms with E-state index in [2.05, 4.69) is 11.9 Å². The second-order valence-electron chi connectivity index (χ2n) is 4.75. The Morgan fingerprint density at radius 3 is 2.67 bits per heavy atom. The van der Waals surface area contributed by atoms with Gasteiger partial charge in [-0.15, -0.1) is 0 Å². The number of hydrogen-bond donors (Lipinski definition) is 0. The Bertz CT molecular complexity index is 443. The molecule has 0 N–H and O–H groups in total. The van der Waals surface area contributed by atoms with Gasteiger partial charge < -0.3 is 4.74 Å². The average Bonchev–Trinajstić information content (AvgIpc) is 2.35. The van der Waals surface area contributed by atoms with Crippen LogP contribution >= 0.6 is 0 Å². The third-order valence-corrected chi connectivity index (χ3v) is 3.30. The fraction of sp³-hybridized carbons (Fsp3) is 0.538. The van der Waals surface area contributed by atoms with Gasteiger partial charge in [-0.05, 0) is 37.7 Å². The predicted molar refractivity (Wildman–Crippen MR) is 61.0 cm³/mol. The van der Waals surface area contributed by atoms with E-state index in [0.717, 1.165) is 37.9 Å². The third kappa shape index (κ3) is 2.83. The molecular weight excluding hydrogens is 240 g/mol. The van der Waals surface area contributed by atoms with Crippen molar-refractivity contribution in [1.29, 1.82) is 0 Å². The summed E-state index contributed by atoms with van der Waals surface area (Å²) in [5, 5.41) is 0. The Hall–Kier alpha value is -1.52. The van der Waals surface area contributed by atoms with Gasteiger partial charge in [0, 0.05) is 6.20 Å². The van der Waals surface area contributed by atoms with Crippen LogP contribution in [0.3, 0.4) is 0 Å². The molecule has 1 aliphatic carbocycles. The van der Waals surface area contributed by atoms with Gasteiger partial charge >= 0.3 is 5.97 Å². The summed E-state index contributed by atoms with van der Waals surface area (Å²) >= 11 is 0.